The van der Waals surface area contributed by atoms with Gasteiger partial charge in [-0.1, -0.05) is 25.8 Å². The van der Waals surface area contributed by atoms with Gasteiger partial charge in [0.15, 0.2) is 6.61 Å². The zero-order chi connectivity index (χ0) is 19.4. The van der Waals surface area contributed by atoms with Crippen LogP contribution in [0.2, 0.25) is 0 Å². The van der Waals surface area contributed by atoms with Crippen molar-refractivity contribution in [3.05, 3.63) is 45.4 Å². The molecule has 27 heavy (non-hydrogen) atoms. The van der Waals surface area contributed by atoms with Crippen LogP contribution < -0.4 is 5.32 Å². The monoisotopic (exact) mass is 388 g/mol. The first-order valence-corrected chi connectivity index (χ1v) is 10.5. The standard InChI is InChI=1S/C21H28N2O3S/c1-14-7-4-5-9-19(14)22-20(24)13-26-21(25)18-11-15(2)23(16(18)3)12-17-8-6-10-27-17/h6,8,10-11,14,19H,4-5,7,9,12-13H2,1-3H3,(H,22,24)/t14-,19+/m0/s1. The molecule has 2 heterocycles. The van der Waals surface area contributed by atoms with Crippen LogP contribution in [-0.4, -0.2) is 29.1 Å². The lowest BCUT2D eigenvalue weighted by Crippen LogP contribution is -2.42. The van der Waals surface area contributed by atoms with Gasteiger partial charge in [-0.15, -0.1) is 11.3 Å². The smallest absolute Gasteiger partial charge is 0.340 e. The molecule has 0 spiro atoms. The Kier molecular flexibility index (Phi) is 6.37. The maximum Gasteiger partial charge on any atom is 0.340 e. The van der Waals surface area contributed by atoms with Gasteiger partial charge in [-0.05, 0) is 50.1 Å². The fourth-order valence-corrected chi connectivity index (χ4v) is 4.49. The molecule has 1 aliphatic carbocycles. The number of carbonyl (C=O) groups excluding carboxylic acids is 2. The molecule has 6 heteroatoms. The minimum absolute atomic E-state index is 0.195. The van der Waals surface area contributed by atoms with Crippen LogP contribution in [0, 0.1) is 19.8 Å². The SMILES string of the molecule is Cc1cc(C(=O)OCC(=O)N[C@@H]2CCCC[C@@H]2C)c(C)n1Cc1cccs1. The molecule has 0 aromatic carbocycles. The Morgan fingerprint density at radius 3 is 2.78 bits per heavy atom. The average Bonchev–Trinajstić information content (AvgIpc) is 3.25. The zero-order valence-electron chi connectivity index (χ0n) is 16.3. The summed E-state index contributed by atoms with van der Waals surface area (Å²) in [6.45, 7) is 6.58. The molecule has 0 bridgehead atoms. The Balaban J connectivity index is 1.57. The summed E-state index contributed by atoms with van der Waals surface area (Å²) < 4.78 is 7.39. The van der Waals surface area contributed by atoms with E-state index in [1.54, 1.807) is 11.3 Å². The van der Waals surface area contributed by atoms with Crippen molar-refractivity contribution in [3.63, 3.8) is 0 Å². The highest BCUT2D eigenvalue weighted by Crippen LogP contribution is 2.24. The predicted octanol–water partition coefficient (Wildman–Crippen LogP) is 4.07. The Labute approximate surface area is 164 Å². The van der Waals surface area contributed by atoms with Gasteiger partial charge in [0.25, 0.3) is 5.91 Å². The Morgan fingerprint density at radius 1 is 1.30 bits per heavy atom. The van der Waals surface area contributed by atoms with E-state index in [4.69, 9.17) is 4.74 Å². The molecule has 1 fully saturated rings. The number of nitrogens with one attached hydrogen (secondary N) is 1. The third-order valence-corrected chi connectivity index (χ3v) is 6.34. The summed E-state index contributed by atoms with van der Waals surface area (Å²) in [6, 6.07) is 6.14. The molecule has 2 aromatic heterocycles. The number of hydrogen-bond donors (Lipinski definition) is 1. The lowest BCUT2D eigenvalue weighted by atomic mass is 9.86. The predicted molar refractivity (Wildman–Crippen MR) is 107 cm³/mol. The number of hydrogen-bond acceptors (Lipinski definition) is 4. The number of rotatable bonds is 6. The highest BCUT2D eigenvalue weighted by atomic mass is 32.1. The molecule has 1 N–H and O–H groups in total. The van der Waals surface area contributed by atoms with E-state index in [0.717, 1.165) is 37.2 Å². The van der Waals surface area contributed by atoms with Crippen molar-refractivity contribution in [2.75, 3.05) is 6.61 Å². The zero-order valence-corrected chi connectivity index (χ0v) is 17.1. The molecule has 0 aliphatic heterocycles. The van der Waals surface area contributed by atoms with Crippen LogP contribution in [0.3, 0.4) is 0 Å². The van der Waals surface area contributed by atoms with Gasteiger partial charge in [0.2, 0.25) is 0 Å². The Hall–Kier alpha value is -2.08. The molecule has 3 rings (SSSR count). The average molecular weight is 389 g/mol. The van der Waals surface area contributed by atoms with E-state index in [1.165, 1.54) is 11.3 Å². The Bertz CT molecular complexity index is 795. The maximum absolute atomic E-state index is 12.5. The van der Waals surface area contributed by atoms with Crippen LogP contribution in [0.5, 0.6) is 0 Å². The molecule has 5 nitrogen and oxygen atoms in total. The maximum atomic E-state index is 12.5. The second kappa shape index (κ2) is 8.74. The van der Waals surface area contributed by atoms with Crippen LogP contribution in [0.4, 0.5) is 0 Å². The second-order valence-electron chi connectivity index (χ2n) is 7.46. The van der Waals surface area contributed by atoms with E-state index in [-0.39, 0.29) is 18.6 Å². The van der Waals surface area contributed by atoms with Crippen LogP contribution in [0.25, 0.3) is 0 Å². The van der Waals surface area contributed by atoms with E-state index in [9.17, 15) is 9.59 Å². The lowest BCUT2D eigenvalue weighted by molar-refractivity contribution is -0.125. The molecule has 0 saturated heterocycles. The largest absolute Gasteiger partial charge is 0.452 e. The van der Waals surface area contributed by atoms with Crippen molar-refractivity contribution in [2.45, 2.75) is 59.0 Å². The van der Waals surface area contributed by atoms with E-state index in [1.807, 2.05) is 31.4 Å². The van der Waals surface area contributed by atoms with Crippen molar-refractivity contribution in [1.29, 1.82) is 0 Å². The van der Waals surface area contributed by atoms with E-state index >= 15 is 0 Å². The van der Waals surface area contributed by atoms with Crippen LogP contribution in [0.1, 0.15) is 59.2 Å². The molecule has 146 valence electrons. The lowest BCUT2D eigenvalue weighted by Gasteiger charge is -2.29. The first-order valence-electron chi connectivity index (χ1n) is 9.61. The van der Waals surface area contributed by atoms with E-state index < -0.39 is 5.97 Å². The topological polar surface area (TPSA) is 60.3 Å². The summed E-state index contributed by atoms with van der Waals surface area (Å²) in [7, 11) is 0. The van der Waals surface area contributed by atoms with Crippen molar-refractivity contribution in [1.82, 2.24) is 9.88 Å². The number of aromatic nitrogens is 1. The van der Waals surface area contributed by atoms with Crippen LogP contribution in [-0.2, 0) is 16.1 Å². The first kappa shape index (κ1) is 19.7. The Morgan fingerprint density at radius 2 is 2.07 bits per heavy atom. The van der Waals surface area contributed by atoms with Gasteiger partial charge < -0.3 is 14.6 Å². The number of amides is 1. The minimum atomic E-state index is -0.438. The number of esters is 1. The fraction of sp³-hybridized carbons (Fsp3) is 0.524. The second-order valence-corrected chi connectivity index (χ2v) is 8.49. The molecule has 1 amide bonds. The molecule has 0 radical (unpaired) electrons. The van der Waals surface area contributed by atoms with E-state index in [0.29, 0.717) is 11.5 Å². The molecule has 2 aromatic rings. The number of ether oxygens (including phenoxy) is 1. The van der Waals surface area contributed by atoms with Crippen LogP contribution >= 0.6 is 11.3 Å². The molecule has 1 saturated carbocycles. The normalized spacial score (nSPS) is 19.7. The van der Waals surface area contributed by atoms with E-state index in [2.05, 4.69) is 22.9 Å². The third kappa shape index (κ3) is 4.80. The molecular weight excluding hydrogens is 360 g/mol. The van der Waals surface area contributed by atoms with Gasteiger partial charge in [-0.25, -0.2) is 4.79 Å². The minimum Gasteiger partial charge on any atom is -0.452 e. The summed E-state index contributed by atoms with van der Waals surface area (Å²) in [4.78, 5) is 25.9. The number of thiophene rings is 1. The highest BCUT2D eigenvalue weighted by molar-refractivity contribution is 7.09. The van der Waals surface area contributed by atoms with Gasteiger partial charge in [-0.2, -0.15) is 0 Å². The van der Waals surface area contributed by atoms with Crippen molar-refractivity contribution < 1.29 is 14.3 Å². The summed E-state index contributed by atoms with van der Waals surface area (Å²) in [5.41, 5.74) is 2.41. The van der Waals surface area contributed by atoms with Gasteiger partial charge in [0, 0.05) is 22.3 Å². The fourth-order valence-electron chi connectivity index (χ4n) is 3.80. The number of nitrogens with zero attached hydrogens (tertiary/aromatic N) is 1. The number of carbonyl (C=O) groups is 2. The van der Waals surface area contributed by atoms with Crippen molar-refractivity contribution >= 4 is 23.2 Å². The first-order chi connectivity index (χ1) is 13.0. The molecule has 2 atom stereocenters. The summed E-state index contributed by atoms with van der Waals surface area (Å²) >= 11 is 1.69. The van der Waals surface area contributed by atoms with Crippen LogP contribution in [0.15, 0.2) is 23.6 Å². The molecule has 1 aliphatic rings. The number of aryl methyl sites for hydroxylation is 1. The molecular formula is C21H28N2O3S. The highest BCUT2D eigenvalue weighted by Gasteiger charge is 2.24. The van der Waals surface area contributed by atoms with Gasteiger partial charge in [-0.3, -0.25) is 4.79 Å². The van der Waals surface area contributed by atoms with Gasteiger partial charge in [0.1, 0.15) is 0 Å². The van der Waals surface area contributed by atoms with Crippen molar-refractivity contribution in [3.8, 4) is 0 Å². The summed E-state index contributed by atoms with van der Waals surface area (Å²) in [5, 5.41) is 5.06. The third-order valence-electron chi connectivity index (χ3n) is 5.48. The summed E-state index contributed by atoms with van der Waals surface area (Å²) in [6.07, 6.45) is 4.51. The summed E-state index contributed by atoms with van der Waals surface area (Å²) in [5.74, 6) is -0.170. The van der Waals surface area contributed by atoms with Gasteiger partial charge >= 0.3 is 5.97 Å². The quantitative estimate of drug-likeness (QED) is 0.759. The molecule has 0 unspecified atom stereocenters. The van der Waals surface area contributed by atoms with Gasteiger partial charge in [0.05, 0.1) is 12.1 Å². The van der Waals surface area contributed by atoms with Crippen molar-refractivity contribution in [2.24, 2.45) is 5.92 Å².